The van der Waals surface area contributed by atoms with E-state index in [0.29, 0.717) is 11.3 Å². The summed E-state index contributed by atoms with van der Waals surface area (Å²) in [6.07, 6.45) is 0.667. The van der Waals surface area contributed by atoms with Crippen LogP contribution in [0.2, 0.25) is 5.02 Å². The molecule has 0 radical (unpaired) electrons. The molecule has 4 heteroatoms. The molecule has 0 N–H and O–H groups in total. The first-order chi connectivity index (χ1) is 7.63. The molecule has 0 bridgehead atoms. The van der Waals surface area contributed by atoms with Gasteiger partial charge in [0.05, 0.1) is 10.7 Å². The van der Waals surface area contributed by atoms with E-state index in [1.165, 1.54) is 5.56 Å². The Labute approximate surface area is 98.7 Å². The van der Waals surface area contributed by atoms with Crippen LogP contribution in [0.4, 0.5) is 0 Å². The summed E-state index contributed by atoms with van der Waals surface area (Å²) < 4.78 is 1.62. The molecule has 0 fully saturated rings. The van der Waals surface area contributed by atoms with Gasteiger partial charge >= 0.3 is 0 Å². The predicted octanol–water partition coefficient (Wildman–Crippen LogP) is 2.86. The zero-order valence-electron chi connectivity index (χ0n) is 9.07. The Hall–Kier alpha value is -1.61. The molecule has 3 nitrogen and oxygen atoms in total. The van der Waals surface area contributed by atoms with Gasteiger partial charge < -0.3 is 0 Å². The third-order valence-corrected chi connectivity index (χ3v) is 2.82. The van der Waals surface area contributed by atoms with Crippen molar-refractivity contribution >= 4 is 17.9 Å². The van der Waals surface area contributed by atoms with Gasteiger partial charge in [0, 0.05) is 12.6 Å². The number of nitrogens with zero attached hydrogens (tertiary/aromatic N) is 2. The molecule has 1 aromatic heterocycles. The Morgan fingerprint density at radius 2 is 1.94 bits per heavy atom. The Kier molecular flexibility index (Phi) is 2.79. The van der Waals surface area contributed by atoms with Gasteiger partial charge in [0.15, 0.2) is 6.29 Å². The molecule has 2 rings (SSSR count). The molecule has 0 saturated heterocycles. The van der Waals surface area contributed by atoms with Crippen LogP contribution in [0.15, 0.2) is 24.3 Å². The molecule has 1 heterocycles. The first-order valence-electron chi connectivity index (χ1n) is 4.88. The number of halogens is 1. The molecule has 16 heavy (non-hydrogen) atoms. The third kappa shape index (κ3) is 1.74. The smallest absolute Gasteiger partial charge is 0.171 e. The van der Waals surface area contributed by atoms with E-state index < -0.39 is 0 Å². The second-order valence-electron chi connectivity index (χ2n) is 3.66. The summed E-state index contributed by atoms with van der Waals surface area (Å²) in [5, 5.41) is 4.45. The van der Waals surface area contributed by atoms with Crippen LogP contribution < -0.4 is 0 Å². The molecule has 0 atom stereocenters. The summed E-state index contributed by atoms with van der Waals surface area (Å²) in [7, 11) is 1.77. The molecule has 0 aliphatic heterocycles. The van der Waals surface area contributed by atoms with Crippen molar-refractivity contribution in [2.45, 2.75) is 6.92 Å². The lowest BCUT2D eigenvalue weighted by molar-refractivity contribution is 0.111. The number of rotatable bonds is 2. The van der Waals surface area contributed by atoms with Crippen molar-refractivity contribution in [3.05, 3.63) is 40.5 Å². The lowest BCUT2D eigenvalue weighted by Crippen LogP contribution is -1.94. The SMILES string of the molecule is Cc1ccc(-c2c(Cl)c(C=O)nn2C)cc1. The number of benzene rings is 1. The van der Waals surface area contributed by atoms with Crippen LogP contribution in [0.3, 0.4) is 0 Å². The highest BCUT2D eigenvalue weighted by Crippen LogP contribution is 2.29. The number of hydrogen-bond donors (Lipinski definition) is 0. The Morgan fingerprint density at radius 1 is 1.31 bits per heavy atom. The maximum atomic E-state index is 10.7. The molecule has 0 saturated carbocycles. The Balaban J connectivity index is 2.59. The average Bonchev–Trinajstić information content (AvgIpc) is 2.56. The number of carbonyl (C=O) groups excluding carboxylic acids is 1. The van der Waals surface area contributed by atoms with E-state index in [1.807, 2.05) is 31.2 Å². The van der Waals surface area contributed by atoms with Crippen LogP contribution in [0, 0.1) is 6.92 Å². The van der Waals surface area contributed by atoms with Crippen molar-refractivity contribution in [1.82, 2.24) is 9.78 Å². The van der Waals surface area contributed by atoms with Crippen molar-refractivity contribution in [3.8, 4) is 11.3 Å². The van der Waals surface area contributed by atoms with Crippen LogP contribution in [-0.2, 0) is 7.05 Å². The van der Waals surface area contributed by atoms with Crippen molar-refractivity contribution in [1.29, 1.82) is 0 Å². The van der Waals surface area contributed by atoms with E-state index in [2.05, 4.69) is 5.10 Å². The number of aldehydes is 1. The molecule has 2 aromatic rings. The molecule has 0 spiro atoms. The van der Waals surface area contributed by atoms with Crippen LogP contribution in [-0.4, -0.2) is 16.1 Å². The van der Waals surface area contributed by atoms with Gasteiger partial charge in [0.25, 0.3) is 0 Å². The topological polar surface area (TPSA) is 34.9 Å². The summed E-state index contributed by atoms with van der Waals surface area (Å²) in [5.41, 5.74) is 3.18. The second-order valence-corrected chi connectivity index (χ2v) is 4.03. The summed E-state index contributed by atoms with van der Waals surface area (Å²) in [5.74, 6) is 0. The van der Waals surface area contributed by atoms with E-state index in [0.717, 1.165) is 11.3 Å². The maximum absolute atomic E-state index is 10.7. The van der Waals surface area contributed by atoms with Gasteiger partial charge in [-0.25, -0.2) is 0 Å². The van der Waals surface area contributed by atoms with Crippen LogP contribution >= 0.6 is 11.6 Å². The van der Waals surface area contributed by atoms with Crippen molar-refractivity contribution in [3.63, 3.8) is 0 Å². The fourth-order valence-corrected chi connectivity index (χ4v) is 1.93. The van der Waals surface area contributed by atoms with Gasteiger partial charge in [-0.15, -0.1) is 0 Å². The lowest BCUT2D eigenvalue weighted by Gasteiger charge is -2.03. The van der Waals surface area contributed by atoms with Gasteiger partial charge in [-0.05, 0) is 6.92 Å². The Bertz CT molecular complexity index is 529. The van der Waals surface area contributed by atoms with Gasteiger partial charge in [0.2, 0.25) is 0 Å². The molecule has 0 unspecified atom stereocenters. The van der Waals surface area contributed by atoms with E-state index >= 15 is 0 Å². The monoisotopic (exact) mass is 234 g/mol. The number of aromatic nitrogens is 2. The van der Waals surface area contributed by atoms with Crippen molar-refractivity contribution < 1.29 is 4.79 Å². The van der Waals surface area contributed by atoms with Crippen LogP contribution in [0.5, 0.6) is 0 Å². The van der Waals surface area contributed by atoms with Gasteiger partial charge in [0.1, 0.15) is 5.69 Å². The lowest BCUT2D eigenvalue weighted by atomic mass is 10.1. The maximum Gasteiger partial charge on any atom is 0.171 e. The number of carbonyl (C=O) groups is 1. The van der Waals surface area contributed by atoms with E-state index in [-0.39, 0.29) is 5.69 Å². The van der Waals surface area contributed by atoms with Crippen LogP contribution in [0.1, 0.15) is 16.1 Å². The Morgan fingerprint density at radius 3 is 2.44 bits per heavy atom. The van der Waals surface area contributed by atoms with Gasteiger partial charge in [-0.2, -0.15) is 5.10 Å². The minimum atomic E-state index is 0.278. The quantitative estimate of drug-likeness (QED) is 0.749. The number of aryl methyl sites for hydroxylation is 2. The molecule has 82 valence electrons. The summed E-state index contributed by atoms with van der Waals surface area (Å²) >= 11 is 6.09. The largest absolute Gasteiger partial charge is 0.296 e. The average molecular weight is 235 g/mol. The summed E-state index contributed by atoms with van der Waals surface area (Å²) in [6, 6.07) is 7.93. The van der Waals surface area contributed by atoms with Crippen molar-refractivity contribution in [2.75, 3.05) is 0 Å². The molecule has 0 aliphatic rings. The molecule has 0 aliphatic carbocycles. The van der Waals surface area contributed by atoms with Gasteiger partial charge in [-0.1, -0.05) is 41.4 Å². The molecular weight excluding hydrogens is 224 g/mol. The van der Waals surface area contributed by atoms with E-state index in [1.54, 1.807) is 11.7 Å². The third-order valence-electron chi connectivity index (χ3n) is 2.45. The first-order valence-corrected chi connectivity index (χ1v) is 5.26. The fraction of sp³-hybridized carbons (Fsp3) is 0.167. The minimum Gasteiger partial charge on any atom is -0.296 e. The fourth-order valence-electron chi connectivity index (χ4n) is 1.62. The predicted molar refractivity (Wildman–Crippen MR) is 63.8 cm³/mol. The first kappa shape index (κ1) is 10.9. The van der Waals surface area contributed by atoms with Crippen LogP contribution in [0.25, 0.3) is 11.3 Å². The van der Waals surface area contributed by atoms with E-state index in [4.69, 9.17) is 11.6 Å². The molecule has 0 amide bonds. The summed E-state index contributed by atoms with van der Waals surface area (Å²) in [6.45, 7) is 2.02. The highest BCUT2D eigenvalue weighted by molar-refractivity contribution is 6.35. The highest BCUT2D eigenvalue weighted by Gasteiger charge is 2.14. The number of hydrogen-bond acceptors (Lipinski definition) is 2. The molecule has 1 aromatic carbocycles. The molecular formula is C12H11ClN2O. The highest BCUT2D eigenvalue weighted by atomic mass is 35.5. The van der Waals surface area contributed by atoms with Gasteiger partial charge in [-0.3, -0.25) is 9.48 Å². The minimum absolute atomic E-state index is 0.278. The second kappa shape index (κ2) is 4.10. The van der Waals surface area contributed by atoms with Crippen molar-refractivity contribution in [2.24, 2.45) is 7.05 Å². The zero-order chi connectivity index (χ0) is 11.7. The standard InChI is InChI=1S/C12H11ClN2O/c1-8-3-5-9(6-4-8)12-11(13)10(7-16)14-15(12)2/h3-7H,1-2H3. The summed E-state index contributed by atoms with van der Waals surface area (Å²) in [4.78, 5) is 10.7. The normalized spacial score (nSPS) is 10.4. The van der Waals surface area contributed by atoms with E-state index in [9.17, 15) is 4.79 Å². The zero-order valence-corrected chi connectivity index (χ0v) is 9.82.